The van der Waals surface area contributed by atoms with Crippen molar-refractivity contribution in [3.63, 3.8) is 0 Å². The SMILES string of the molecule is CCCCCCCCCCCC[n+]1c2ccccc2cc2c(N3CCC3)cccc21.[I-]. The highest BCUT2D eigenvalue weighted by molar-refractivity contribution is 5.96. The van der Waals surface area contributed by atoms with Crippen molar-refractivity contribution in [3.05, 3.63) is 48.5 Å². The molecular formula is C28H39IN2. The molecule has 0 amide bonds. The van der Waals surface area contributed by atoms with Crippen molar-refractivity contribution in [1.82, 2.24) is 0 Å². The van der Waals surface area contributed by atoms with Crippen LogP contribution in [0, 0.1) is 0 Å². The minimum absolute atomic E-state index is 0. The Hall–Kier alpha value is -1.36. The zero-order chi connectivity index (χ0) is 20.6. The number of aryl methyl sites for hydroxylation is 1. The molecule has 0 atom stereocenters. The summed E-state index contributed by atoms with van der Waals surface area (Å²) in [5.41, 5.74) is 4.19. The van der Waals surface area contributed by atoms with Crippen LogP contribution in [0.3, 0.4) is 0 Å². The van der Waals surface area contributed by atoms with E-state index in [1.54, 1.807) is 0 Å². The van der Waals surface area contributed by atoms with Crippen LogP contribution in [0.4, 0.5) is 5.69 Å². The summed E-state index contributed by atoms with van der Waals surface area (Å²) in [5, 5.41) is 2.79. The molecule has 4 rings (SSSR count). The summed E-state index contributed by atoms with van der Waals surface area (Å²) >= 11 is 0. The summed E-state index contributed by atoms with van der Waals surface area (Å²) in [6.07, 6.45) is 15.2. The van der Waals surface area contributed by atoms with Gasteiger partial charge in [-0.25, -0.2) is 0 Å². The maximum absolute atomic E-state index is 2.58. The number of anilines is 1. The summed E-state index contributed by atoms with van der Waals surface area (Å²) in [6.45, 7) is 5.82. The van der Waals surface area contributed by atoms with E-state index in [1.165, 1.54) is 111 Å². The molecule has 1 aliphatic rings. The van der Waals surface area contributed by atoms with Crippen molar-refractivity contribution in [2.45, 2.75) is 84.1 Å². The van der Waals surface area contributed by atoms with Crippen LogP contribution in [0.5, 0.6) is 0 Å². The molecule has 0 unspecified atom stereocenters. The van der Waals surface area contributed by atoms with Gasteiger partial charge in [0, 0.05) is 37.0 Å². The maximum Gasteiger partial charge on any atom is 0.215 e. The predicted octanol–water partition coefficient (Wildman–Crippen LogP) is 4.42. The fraction of sp³-hybridized carbons (Fsp3) is 0.536. The van der Waals surface area contributed by atoms with Crippen LogP contribution >= 0.6 is 0 Å². The van der Waals surface area contributed by atoms with Crippen LogP contribution in [0.25, 0.3) is 21.8 Å². The first kappa shape index (κ1) is 24.3. The molecule has 1 saturated heterocycles. The molecule has 2 nitrogen and oxygen atoms in total. The molecule has 168 valence electrons. The molecular weight excluding hydrogens is 491 g/mol. The lowest BCUT2D eigenvalue weighted by atomic mass is 10.0. The Kier molecular flexibility index (Phi) is 9.89. The molecule has 2 aromatic carbocycles. The Morgan fingerprint density at radius 1 is 0.742 bits per heavy atom. The molecule has 0 saturated carbocycles. The van der Waals surface area contributed by atoms with E-state index in [4.69, 9.17) is 0 Å². The van der Waals surface area contributed by atoms with Crippen molar-refractivity contribution in [3.8, 4) is 0 Å². The third kappa shape index (κ3) is 6.12. The number of nitrogens with zero attached hydrogens (tertiary/aromatic N) is 2. The predicted molar refractivity (Wildman–Crippen MR) is 130 cm³/mol. The van der Waals surface area contributed by atoms with E-state index in [1.807, 2.05) is 0 Å². The Balaban J connectivity index is 0.00000272. The minimum Gasteiger partial charge on any atom is -1.00 e. The molecule has 2 heterocycles. The zero-order valence-corrected chi connectivity index (χ0v) is 21.4. The molecule has 3 heteroatoms. The fourth-order valence-corrected chi connectivity index (χ4v) is 4.90. The summed E-state index contributed by atoms with van der Waals surface area (Å²) in [5.74, 6) is 0. The second-order valence-corrected chi connectivity index (χ2v) is 9.09. The highest BCUT2D eigenvalue weighted by atomic mass is 127. The van der Waals surface area contributed by atoms with Crippen LogP contribution in [0.1, 0.15) is 77.6 Å². The van der Waals surface area contributed by atoms with E-state index in [9.17, 15) is 0 Å². The van der Waals surface area contributed by atoms with Gasteiger partial charge >= 0.3 is 0 Å². The van der Waals surface area contributed by atoms with E-state index >= 15 is 0 Å². The zero-order valence-electron chi connectivity index (χ0n) is 19.3. The molecule has 3 aromatic rings. The van der Waals surface area contributed by atoms with Gasteiger partial charge in [-0.1, -0.05) is 76.5 Å². The third-order valence-corrected chi connectivity index (χ3v) is 6.81. The smallest absolute Gasteiger partial charge is 0.215 e. The van der Waals surface area contributed by atoms with Gasteiger partial charge in [0.1, 0.15) is 6.54 Å². The molecule has 0 bridgehead atoms. The number of benzene rings is 2. The van der Waals surface area contributed by atoms with Gasteiger partial charge < -0.3 is 28.9 Å². The second kappa shape index (κ2) is 12.6. The van der Waals surface area contributed by atoms with Crippen molar-refractivity contribution in [2.75, 3.05) is 18.0 Å². The first-order valence-electron chi connectivity index (χ1n) is 12.5. The third-order valence-electron chi connectivity index (χ3n) is 6.81. The Bertz CT molecular complexity index is 948. The van der Waals surface area contributed by atoms with Gasteiger partial charge in [-0.15, -0.1) is 0 Å². The minimum atomic E-state index is 0. The average molecular weight is 531 g/mol. The number of fused-ring (bicyclic) bond motifs is 2. The van der Waals surface area contributed by atoms with Gasteiger partial charge in [0.25, 0.3) is 0 Å². The highest BCUT2D eigenvalue weighted by Gasteiger charge is 2.21. The van der Waals surface area contributed by atoms with E-state index in [-0.39, 0.29) is 24.0 Å². The quantitative estimate of drug-likeness (QED) is 0.146. The second-order valence-electron chi connectivity index (χ2n) is 9.09. The Labute approximate surface area is 206 Å². The van der Waals surface area contributed by atoms with Crippen molar-refractivity contribution in [1.29, 1.82) is 0 Å². The van der Waals surface area contributed by atoms with Gasteiger partial charge in [0.15, 0.2) is 0 Å². The summed E-state index contributed by atoms with van der Waals surface area (Å²) in [4.78, 5) is 2.53. The van der Waals surface area contributed by atoms with Gasteiger partial charge in [0.2, 0.25) is 11.0 Å². The van der Waals surface area contributed by atoms with Crippen LogP contribution in [-0.4, -0.2) is 13.1 Å². The Morgan fingerprint density at radius 3 is 2.06 bits per heavy atom. The van der Waals surface area contributed by atoms with Crippen molar-refractivity contribution in [2.24, 2.45) is 0 Å². The van der Waals surface area contributed by atoms with Crippen molar-refractivity contribution >= 4 is 27.5 Å². The first-order valence-corrected chi connectivity index (χ1v) is 12.5. The Morgan fingerprint density at radius 2 is 1.39 bits per heavy atom. The van der Waals surface area contributed by atoms with E-state index in [0.29, 0.717) is 0 Å². The lowest BCUT2D eigenvalue weighted by Gasteiger charge is -2.33. The lowest BCUT2D eigenvalue weighted by Crippen LogP contribution is -3.00. The van der Waals surface area contributed by atoms with Gasteiger partial charge in [-0.2, -0.15) is 4.57 Å². The topological polar surface area (TPSA) is 7.12 Å². The molecule has 1 aromatic heterocycles. The number of rotatable bonds is 12. The van der Waals surface area contributed by atoms with Crippen molar-refractivity contribution < 1.29 is 28.5 Å². The number of pyridine rings is 1. The maximum atomic E-state index is 2.58. The van der Waals surface area contributed by atoms with Crippen LogP contribution < -0.4 is 33.4 Å². The van der Waals surface area contributed by atoms with Gasteiger partial charge in [0.05, 0.1) is 11.1 Å². The normalized spacial score (nSPS) is 13.4. The molecule has 0 aliphatic carbocycles. The first-order chi connectivity index (χ1) is 14.9. The van der Waals surface area contributed by atoms with Crippen LogP contribution in [0.15, 0.2) is 48.5 Å². The molecule has 0 spiro atoms. The number of hydrogen-bond acceptors (Lipinski definition) is 1. The average Bonchev–Trinajstić information content (AvgIpc) is 2.73. The van der Waals surface area contributed by atoms with Crippen LogP contribution in [0.2, 0.25) is 0 Å². The number of halogens is 1. The van der Waals surface area contributed by atoms with Gasteiger partial charge in [-0.05, 0) is 31.0 Å². The summed E-state index contributed by atoms with van der Waals surface area (Å²) < 4.78 is 2.58. The summed E-state index contributed by atoms with van der Waals surface area (Å²) in [6, 6.07) is 18.2. The standard InChI is InChI=1S/C28H39N2.HI/c1-2-3-4-5-6-7-8-9-10-13-22-30-26-17-12-11-16-24(26)23-25-27(29-20-15-21-29)18-14-19-28(25)30;/h11-12,14,16-19,23H,2-10,13,15,20-22H2,1H3;1H/q+1;/p-1. The van der Waals surface area contributed by atoms with E-state index < -0.39 is 0 Å². The lowest BCUT2D eigenvalue weighted by molar-refractivity contribution is -0.645. The molecule has 0 N–H and O–H groups in total. The number of unbranched alkanes of at least 4 members (excludes halogenated alkanes) is 9. The molecule has 1 aliphatic heterocycles. The molecule has 0 radical (unpaired) electrons. The monoisotopic (exact) mass is 530 g/mol. The molecule has 1 fully saturated rings. The fourth-order valence-electron chi connectivity index (χ4n) is 4.90. The van der Waals surface area contributed by atoms with E-state index in [2.05, 4.69) is 64.9 Å². The van der Waals surface area contributed by atoms with Crippen LogP contribution in [-0.2, 0) is 6.54 Å². The number of hydrogen-bond donors (Lipinski definition) is 0. The number of aromatic nitrogens is 1. The summed E-state index contributed by atoms with van der Waals surface area (Å²) in [7, 11) is 0. The number of para-hydroxylation sites is 1. The molecule has 31 heavy (non-hydrogen) atoms. The van der Waals surface area contributed by atoms with Gasteiger partial charge in [-0.3, -0.25) is 0 Å². The van der Waals surface area contributed by atoms with E-state index in [0.717, 1.165) is 6.54 Å². The largest absolute Gasteiger partial charge is 1.00 e. The highest BCUT2D eigenvalue weighted by Crippen LogP contribution is 2.30.